The molecule has 2 aromatic carbocycles. The molecule has 156 valence electrons. The Kier molecular flexibility index (Phi) is 6.63. The number of nitrogens with one attached hydrogen (secondary N) is 1. The molecule has 7 nitrogen and oxygen atoms in total. The summed E-state index contributed by atoms with van der Waals surface area (Å²) in [5, 5.41) is 12.9. The van der Waals surface area contributed by atoms with Crippen LogP contribution in [0.4, 0.5) is 0 Å². The van der Waals surface area contributed by atoms with Crippen LogP contribution in [0.25, 0.3) is 17.0 Å². The molecule has 0 atom stereocenters. The van der Waals surface area contributed by atoms with Crippen LogP contribution in [0.2, 0.25) is 0 Å². The highest BCUT2D eigenvalue weighted by atomic mass is 79.9. The number of carbonyl (C=O) groups excluding carboxylic acids is 1. The van der Waals surface area contributed by atoms with Crippen molar-refractivity contribution in [1.29, 1.82) is 0 Å². The third-order valence-electron chi connectivity index (χ3n) is 4.28. The lowest BCUT2D eigenvalue weighted by Gasteiger charge is -2.07. The highest BCUT2D eigenvalue weighted by Gasteiger charge is 2.13. The highest BCUT2D eigenvalue weighted by Crippen LogP contribution is 2.24. The van der Waals surface area contributed by atoms with E-state index in [4.69, 9.17) is 4.42 Å². The molecule has 0 spiro atoms. The average Bonchev–Trinajstić information content (AvgIpc) is 3.40. The predicted molar refractivity (Wildman–Crippen MR) is 124 cm³/mol. The average molecular weight is 496 g/mol. The molecule has 0 radical (unpaired) electrons. The van der Waals surface area contributed by atoms with Crippen LogP contribution in [-0.2, 0) is 4.79 Å². The molecular weight excluding hydrogens is 478 g/mol. The van der Waals surface area contributed by atoms with Crippen molar-refractivity contribution in [2.45, 2.75) is 12.1 Å². The molecule has 0 aliphatic rings. The second-order valence-electron chi connectivity index (χ2n) is 6.49. The van der Waals surface area contributed by atoms with Crippen molar-refractivity contribution in [3.63, 3.8) is 0 Å². The molecule has 4 aromatic rings. The molecule has 1 N–H and O–H groups in total. The van der Waals surface area contributed by atoms with Gasteiger partial charge in [-0.1, -0.05) is 58.0 Å². The van der Waals surface area contributed by atoms with Crippen LogP contribution in [0, 0.1) is 6.92 Å². The molecule has 2 aromatic heterocycles. The number of aryl methyl sites for hydroxylation is 1. The van der Waals surface area contributed by atoms with Crippen LogP contribution in [0.3, 0.4) is 0 Å². The van der Waals surface area contributed by atoms with Crippen molar-refractivity contribution in [2.75, 3.05) is 5.75 Å². The summed E-state index contributed by atoms with van der Waals surface area (Å²) in [5.41, 5.74) is 4.42. The third-order valence-corrected chi connectivity index (χ3v) is 5.74. The van der Waals surface area contributed by atoms with E-state index in [1.54, 1.807) is 6.07 Å². The Labute approximate surface area is 191 Å². The van der Waals surface area contributed by atoms with Gasteiger partial charge in [0, 0.05) is 15.7 Å². The SMILES string of the molecule is Cc1nnc(SCC(=O)N/N=C\c2ccc(-c3ccc(Br)cc3)o2)n1-c1ccccc1. The maximum Gasteiger partial charge on any atom is 0.250 e. The maximum absolute atomic E-state index is 12.2. The number of thioether (sulfide) groups is 1. The molecule has 1 amide bonds. The van der Waals surface area contributed by atoms with Gasteiger partial charge in [-0.3, -0.25) is 9.36 Å². The van der Waals surface area contributed by atoms with Gasteiger partial charge in [0.2, 0.25) is 0 Å². The molecule has 0 unspecified atom stereocenters. The fraction of sp³-hybridized carbons (Fsp3) is 0.0909. The smallest absolute Gasteiger partial charge is 0.250 e. The second-order valence-corrected chi connectivity index (χ2v) is 8.35. The van der Waals surface area contributed by atoms with E-state index in [1.807, 2.05) is 72.2 Å². The predicted octanol–water partition coefficient (Wildman–Crippen LogP) is 4.84. The normalized spacial score (nSPS) is 11.2. The maximum atomic E-state index is 12.2. The Bertz CT molecular complexity index is 1200. The number of halogens is 1. The van der Waals surface area contributed by atoms with Crippen molar-refractivity contribution in [2.24, 2.45) is 5.10 Å². The summed E-state index contributed by atoms with van der Waals surface area (Å²) in [7, 11) is 0. The van der Waals surface area contributed by atoms with Crippen LogP contribution in [-0.4, -0.2) is 32.6 Å². The zero-order valence-corrected chi connectivity index (χ0v) is 18.9. The Balaban J connectivity index is 1.33. The van der Waals surface area contributed by atoms with Crippen molar-refractivity contribution in [3.8, 4) is 17.0 Å². The number of hydrogen-bond donors (Lipinski definition) is 1. The second kappa shape index (κ2) is 9.76. The first kappa shape index (κ1) is 21.1. The summed E-state index contributed by atoms with van der Waals surface area (Å²) < 4.78 is 8.66. The quantitative estimate of drug-likeness (QED) is 0.225. The molecule has 0 saturated heterocycles. The molecule has 0 aliphatic carbocycles. The van der Waals surface area contributed by atoms with E-state index >= 15 is 0 Å². The molecule has 31 heavy (non-hydrogen) atoms. The van der Waals surface area contributed by atoms with E-state index in [-0.39, 0.29) is 11.7 Å². The van der Waals surface area contributed by atoms with Gasteiger partial charge in [0.1, 0.15) is 17.3 Å². The fourth-order valence-corrected chi connectivity index (χ4v) is 3.89. The number of para-hydroxylation sites is 1. The number of rotatable bonds is 7. The summed E-state index contributed by atoms with van der Waals surface area (Å²) in [6, 6.07) is 21.2. The molecule has 4 rings (SSSR count). The molecule has 0 fully saturated rings. The van der Waals surface area contributed by atoms with E-state index < -0.39 is 0 Å². The minimum Gasteiger partial charge on any atom is -0.455 e. The van der Waals surface area contributed by atoms with E-state index in [2.05, 4.69) is 36.7 Å². The number of nitrogens with zero attached hydrogens (tertiary/aromatic N) is 4. The van der Waals surface area contributed by atoms with Gasteiger partial charge in [0.05, 0.1) is 12.0 Å². The van der Waals surface area contributed by atoms with Crippen molar-refractivity contribution in [3.05, 3.63) is 82.8 Å². The lowest BCUT2D eigenvalue weighted by molar-refractivity contribution is -0.118. The zero-order chi connectivity index (χ0) is 21.6. The van der Waals surface area contributed by atoms with E-state index in [0.717, 1.165) is 27.3 Å². The third kappa shape index (κ3) is 5.31. The number of hydrogen-bond acceptors (Lipinski definition) is 6. The molecule has 9 heteroatoms. The Morgan fingerprint density at radius 2 is 1.90 bits per heavy atom. The lowest BCUT2D eigenvalue weighted by atomic mass is 10.2. The van der Waals surface area contributed by atoms with E-state index in [9.17, 15) is 4.79 Å². The zero-order valence-electron chi connectivity index (χ0n) is 16.5. The molecule has 0 bridgehead atoms. The summed E-state index contributed by atoms with van der Waals surface area (Å²) in [6.07, 6.45) is 1.47. The largest absolute Gasteiger partial charge is 0.455 e. The van der Waals surface area contributed by atoms with Gasteiger partial charge in [-0.2, -0.15) is 5.10 Å². The first-order chi connectivity index (χ1) is 15.1. The van der Waals surface area contributed by atoms with Gasteiger partial charge in [0.15, 0.2) is 5.16 Å². The topological polar surface area (TPSA) is 85.3 Å². The fourth-order valence-electron chi connectivity index (χ4n) is 2.83. The van der Waals surface area contributed by atoms with Gasteiger partial charge in [-0.05, 0) is 43.3 Å². The summed E-state index contributed by atoms with van der Waals surface area (Å²) >= 11 is 4.71. The minimum absolute atomic E-state index is 0.157. The van der Waals surface area contributed by atoms with Crippen LogP contribution in [0.5, 0.6) is 0 Å². The molecular formula is C22H18BrN5O2S. The number of hydrazone groups is 1. The van der Waals surface area contributed by atoms with Gasteiger partial charge >= 0.3 is 0 Å². The summed E-state index contributed by atoms with van der Waals surface area (Å²) in [5.74, 6) is 1.94. The minimum atomic E-state index is -0.249. The number of amides is 1. The molecule has 0 aliphatic heterocycles. The van der Waals surface area contributed by atoms with Gasteiger partial charge in [0.25, 0.3) is 5.91 Å². The summed E-state index contributed by atoms with van der Waals surface area (Å²) in [6.45, 7) is 1.88. The molecule has 0 saturated carbocycles. The van der Waals surface area contributed by atoms with Crippen LogP contribution in [0.1, 0.15) is 11.6 Å². The van der Waals surface area contributed by atoms with Gasteiger partial charge < -0.3 is 4.42 Å². The van der Waals surface area contributed by atoms with E-state index in [1.165, 1.54) is 18.0 Å². The first-order valence-electron chi connectivity index (χ1n) is 9.38. The highest BCUT2D eigenvalue weighted by molar-refractivity contribution is 9.10. The lowest BCUT2D eigenvalue weighted by Crippen LogP contribution is -2.19. The molecule has 2 heterocycles. The van der Waals surface area contributed by atoms with Gasteiger partial charge in [-0.25, -0.2) is 5.43 Å². The summed E-state index contributed by atoms with van der Waals surface area (Å²) in [4.78, 5) is 12.2. The number of carbonyl (C=O) groups is 1. The van der Waals surface area contributed by atoms with Crippen molar-refractivity contribution < 1.29 is 9.21 Å². The number of aromatic nitrogens is 3. The van der Waals surface area contributed by atoms with Crippen molar-refractivity contribution >= 4 is 39.8 Å². The van der Waals surface area contributed by atoms with Crippen LogP contribution < -0.4 is 5.43 Å². The van der Waals surface area contributed by atoms with Crippen molar-refractivity contribution in [1.82, 2.24) is 20.2 Å². The van der Waals surface area contributed by atoms with Crippen LogP contribution in [0.15, 0.2) is 85.9 Å². The standard InChI is InChI=1S/C22H18BrN5O2S/c1-15-25-27-22(28(15)18-5-3-2-4-6-18)31-14-21(29)26-24-13-19-11-12-20(30-19)16-7-9-17(23)10-8-16/h2-13H,14H2,1H3,(H,26,29)/b24-13-. The number of furan rings is 1. The number of benzene rings is 2. The Morgan fingerprint density at radius 3 is 2.68 bits per heavy atom. The van der Waals surface area contributed by atoms with E-state index in [0.29, 0.717) is 10.9 Å². The van der Waals surface area contributed by atoms with Gasteiger partial charge in [-0.15, -0.1) is 10.2 Å². The Morgan fingerprint density at radius 1 is 1.13 bits per heavy atom. The monoisotopic (exact) mass is 495 g/mol. The van der Waals surface area contributed by atoms with Crippen LogP contribution >= 0.6 is 27.7 Å². The first-order valence-corrected chi connectivity index (χ1v) is 11.2. The Hall–Kier alpha value is -3.17.